The lowest BCUT2D eigenvalue weighted by Gasteiger charge is -2.32. The van der Waals surface area contributed by atoms with Gasteiger partial charge in [0.2, 0.25) is 0 Å². The van der Waals surface area contributed by atoms with Crippen LogP contribution >= 0.6 is 24.0 Å². The summed E-state index contributed by atoms with van der Waals surface area (Å²) in [5.74, 6) is 0.691. The Kier molecular flexibility index (Phi) is 6.96. The van der Waals surface area contributed by atoms with E-state index < -0.39 is 0 Å². The van der Waals surface area contributed by atoms with Crippen LogP contribution in [-0.2, 0) is 4.79 Å². The van der Waals surface area contributed by atoms with Gasteiger partial charge in [-0.1, -0.05) is 17.7 Å². The summed E-state index contributed by atoms with van der Waals surface area (Å²) in [6, 6.07) is 7.64. The van der Waals surface area contributed by atoms with E-state index in [0.29, 0.717) is 16.8 Å². The number of hydrogen-bond donors (Lipinski definition) is 1. The van der Waals surface area contributed by atoms with Crippen molar-refractivity contribution in [2.75, 3.05) is 45.9 Å². The maximum Gasteiger partial charge on any atom is 0.260 e. The Bertz CT molecular complexity index is 524. The standard InChI is InChI=1S/C16H22ClN3O2.ClH/c17-13-2-1-3-15(10-13)22-12-16(21)20-7-4-14(11-20)19-8-5-18-6-9-19;/h1-3,10,14,18H,4-9,11-12H2;1H. The maximum atomic E-state index is 12.3. The highest BCUT2D eigenvalue weighted by molar-refractivity contribution is 6.30. The van der Waals surface area contributed by atoms with Gasteiger partial charge in [-0.2, -0.15) is 0 Å². The van der Waals surface area contributed by atoms with Gasteiger partial charge in [0.25, 0.3) is 5.91 Å². The van der Waals surface area contributed by atoms with Crippen molar-refractivity contribution < 1.29 is 9.53 Å². The molecule has 1 amide bonds. The highest BCUT2D eigenvalue weighted by Gasteiger charge is 2.30. The largest absolute Gasteiger partial charge is 0.484 e. The van der Waals surface area contributed by atoms with Crippen LogP contribution in [0.3, 0.4) is 0 Å². The zero-order valence-electron chi connectivity index (χ0n) is 13.0. The Labute approximate surface area is 148 Å². The third-order valence-electron chi connectivity index (χ3n) is 4.34. The molecular formula is C16H23Cl2N3O2. The molecule has 5 nitrogen and oxygen atoms in total. The Hall–Kier alpha value is -1.01. The van der Waals surface area contributed by atoms with Crippen LogP contribution in [0.4, 0.5) is 0 Å². The number of carbonyl (C=O) groups is 1. The summed E-state index contributed by atoms with van der Waals surface area (Å²) >= 11 is 5.91. The topological polar surface area (TPSA) is 44.8 Å². The monoisotopic (exact) mass is 359 g/mol. The van der Waals surface area contributed by atoms with E-state index in [-0.39, 0.29) is 24.9 Å². The van der Waals surface area contributed by atoms with E-state index in [2.05, 4.69) is 10.2 Å². The van der Waals surface area contributed by atoms with Crippen molar-refractivity contribution in [1.82, 2.24) is 15.1 Å². The van der Waals surface area contributed by atoms with Crippen LogP contribution < -0.4 is 10.1 Å². The Morgan fingerprint density at radius 2 is 2.09 bits per heavy atom. The summed E-state index contributed by atoms with van der Waals surface area (Å²) in [5.41, 5.74) is 0. The number of nitrogens with zero attached hydrogens (tertiary/aromatic N) is 2. The van der Waals surface area contributed by atoms with Gasteiger partial charge in [-0.15, -0.1) is 12.4 Å². The van der Waals surface area contributed by atoms with E-state index >= 15 is 0 Å². The van der Waals surface area contributed by atoms with Crippen molar-refractivity contribution in [2.45, 2.75) is 12.5 Å². The summed E-state index contributed by atoms with van der Waals surface area (Å²) in [4.78, 5) is 16.7. The molecule has 1 N–H and O–H groups in total. The molecule has 2 aliphatic rings. The molecule has 7 heteroatoms. The molecule has 2 heterocycles. The number of nitrogens with one attached hydrogen (secondary N) is 1. The first-order valence-electron chi connectivity index (χ1n) is 7.83. The summed E-state index contributed by atoms with van der Waals surface area (Å²) in [7, 11) is 0. The van der Waals surface area contributed by atoms with Gasteiger partial charge in [0, 0.05) is 50.3 Å². The molecular weight excluding hydrogens is 337 g/mol. The molecule has 2 saturated heterocycles. The van der Waals surface area contributed by atoms with Crippen LogP contribution in [0.25, 0.3) is 0 Å². The van der Waals surface area contributed by atoms with Gasteiger partial charge in [-0.3, -0.25) is 9.69 Å². The van der Waals surface area contributed by atoms with E-state index in [0.717, 1.165) is 45.7 Å². The molecule has 3 rings (SSSR count). The predicted molar refractivity (Wildman–Crippen MR) is 93.6 cm³/mol. The van der Waals surface area contributed by atoms with Crippen LogP contribution in [0.5, 0.6) is 5.75 Å². The Morgan fingerprint density at radius 1 is 1.30 bits per heavy atom. The van der Waals surface area contributed by atoms with Crippen molar-refractivity contribution >= 4 is 29.9 Å². The van der Waals surface area contributed by atoms with Gasteiger partial charge < -0.3 is 15.0 Å². The van der Waals surface area contributed by atoms with E-state index in [1.807, 2.05) is 17.0 Å². The summed E-state index contributed by atoms with van der Waals surface area (Å²) in [5, 5.41) is 3.98. The summed E-state index contributed by atoms with van der Waals surface area (Å²) < 4.78 is 5.54. The maximum absolute atomic E-state index is 12.3. The molecule has 2 aliphatic heterocycles. The third-order valence-corrected chi connectivity index (χ3v) is 4.58. The molecule has 0 aromatic heterocycles. The van der Waals surface area contributed by atoms with Crippen LogP contribution in [0, 0.1) is 0 Å². The predicted octanol–water partition coefficient (Wildman–Crippen LogP) is 1.65. The number of benzene rings is 1. The minimum Gasteiger partial charge on any atom is -0.484 e. The number of halogens is 2. The van der Waals surface area contributed by atoms with Gasteiger partial charge in [0.05, 0.1) is 0 Å². The average Bonchev–Trinajstić information content (AvgIpc) is 3.04. The third kappa shape index (κ3) is 4.98. The molecule has 0 spiro atoms. The van der Waals surface area contributed by atoms with Crippen LogP contribution in [0.1, 0.15) is 6.42 Å². The molecule has 0 radical (unpaired) electrons. The number of likely N-dealkylation sites (tertiary alicyclic amines) is 1. The number of rotatable bonds is 4. The van der Waals surface area contributed by atoms with Gasteiger partial charge in [0.1, 0.15) is 5.75 Å². The fourth-order valence-electron chi connectivity index (χ4n) is 3.11. The normalized spacial score (nSPS) is 21.8. The number of carbonyl (C=O) groups excluding carboxylic acids is 1. The van der Waals surface area contributed by atoms with Gasteiger partial charge >= 0.3 is 0 Å². The van der Waals surface area contributed by atoms with Crippen molar-refractivity contribution in [1.29, 1.82) is 0 Å². The number of amides is 1. The Morgan fingerprint density at radius 3 is 2.83 bits per heavy atom. The molecule has 1 unspecified atom stereocenters. The van der Waals surface area contributed by atoms with Crippen LogP contribution in [-0.4, -0.2) is 67.6 Å². The molecule has 0 saturated carbocycles. The fraction of sp³-hybridized carbons (Fsp3) is 0.562. The molecule has 0 bridgehead atoms. The number of hydrogen-bond acceptors (Lipinski definition) is 4. The lowest BCUT2D eigenvalue weighted by atomic mass is 10.2. The fourth-order valence-corrected chi connectivity index (χ4v) is 3.29. The van der Waals surface area contributed by atoms with Crippen LogP contribution in [0.2, 0.25) is 5.02 Å². The molecule has 23 heavy (non-hydrogen) atoms. The summed E-state index contributed by atoms with van der Waals surface area (Å²) in [6.07, 6.45) is 1.06. The van der Waals surface area contributed by atoms with Crippen molar-refractivity contribution in [3.8, 4) is 5.75 Å². The molecule has 1 aromatic carbocycles. The first-order chi connectivity index (χ1) is 10.7. The number of piperazine rings is 1. The zero-order valence-corrected chi connectivity index (χ0v) is 14.6. The second kappa shape index (κ2) is 8.73. The highest BCUT2D eigenvalue weighted by Crippen LogP contribution is 2.19. The zero-order chi connectivity index (χ0) is 15.4. The van der Waals surface area contributed by atoms with E-state index in [4.69, 9.17) is 16.3 Å². The van der Waals surface area contributed by atoms with Gasteiger partial charge in [0.15, 0.2) is 6.61 Å². The summed E-state index contributed by atoms with van der Waals surface area (Å²) in [6.45, 7) is 5.96. The number of ether oxygens (including phenoxy) is 1. The minimum atomic E-state index is 0. The molecule has 0 aliphatic carbocycles. The Balaban J connectivity index is 0.00000192. The van der Waals surface area contributed by atoms with E-state index in [1.54, 1.807) is 12.1 Å². The molecule has 2 fully saturated rings. The van der Waals surface area contributed by atoms with E-state index in [9.17, 15) is 4.79 Å². The molecule has 1 aromatic rings. The first-order valence-corrected chi connectivity index (χ1v) is 8.21. The second-order valence-corrected chi connectivity index (χ2v) is 6.25. The lowest BCUT2D eigenvalue weighted by molar-refractivity contribution is -0.132. The van der Waals surface area contributed by atoms with Gasteiger partial charge in [-0.05, 0) is 24.6 Å². The van der Waals surface area contributed by atoms with Crippen LogP contribution in [0.15, 0.2) is 24.3 Å². The SMILES string of the molecule is Cl.O=C(COc1cccc(Cl)c1)N1CCC(N2CCNCC2)C1. The quantitative estimate of drug-likeness (QED) is 0.887. The highest BCUT2D eigenvalue weighted by atomic mass is 35.5. The molecule has 1 atom stereocenters. The second-order valence-electron chi connectivity index (χ2n) is 5.81. The smallest absolute Gasteiger partial charge is 0.260 e. The van der Waals surface area contributed by atoms with E-state index in [1.165, 1.54) is 0 Å². The first kappa shape index (κ1) is 18.3. The average molecular weight is 360 g/mol. The van der Waals surface area contributed by atoms with Crippen molar-refractivity contribution in [3.63, 3.8) is 0 Å². The molecule has 128 valence electrons. The van der Waals surface area contributed by atoms with Crippen molar-refractivity contribution in [2.24, 2.45) is 0 Å². The van der Waals surface area contributed by atoms with Crippen molar-refractivity contribution in [3.05, 3.63) is 29.3 Å². The minimum absolute atomic E-state index is 0. The lowest BCUT2D eigenvalue weighted by Crippen LogP contribution is -2.49. The van der Waals surface area contributed by atoms with Gasteiger partial charge in [-0.25, -0.2) is 0 Å².